The van der Waals surface area contributed by atoms with Crippen LogP contribution < -0.4 is 0 Å². The Kier molecular flexibility index (Phi) is 5.98. The van der Waals surface area contributed by atoms with Crippen molar-refractivity contribution in [2.75, 3.05) is 0 Å². The topological polar surface area (TPSA) is 17.1 Å². The molecule has 0 aromatic carbocycles. The third-order valence-electron chi connectivity index (χ3n) is 5.18. The zero-order valence-corrected chi connectivity index (χ0v) is 15.1. The standard InChI is InChI=1S/C22H30O/c1-17(13-15-23)8-5-9-18(2)20-11-6-10-19-12-7-14-22(3,4)21(19)16-20/h5,8-9,13,15-16H,6-7,10-12,14H2,1-4H3/b8-5-,17-13+,18-9+. The Morgan fingerprint density at radius 3 is 2.57 bits per heavy atom. The molecular weight excluding hydrogens is 280 g/mol. The predicted octanol–water partition coefficient (Wildman–Crippen LogP) is 6.25. The minimum Gasteiger partial charge on any atom is -0.299 e. The summed E-state index contributed by atoms with van der Waals surface area (Å²) in [4.78, 5) is 10.5. The van der Waals surface area contributed by atoms with Gasteiger partial charge in [-0.05, 0) is 86.2 Å². The van der Waals surface area contributed by atoms with Crippen LogP contribution in [0.1, 0.15) is 66.2 Å². The molecule has 0 unspecified atom stereocenters. The minimum atomic E-state index is 0.322. The van der Waals surface area contributed by atoms with Crippen LogP contribution in [0.25, 0.3) is 0 Å². The van der Waals surface area contributed by atoms with Gasteiger partial charge in [0, 0.05) is 0 Å². The van der Waals surface area contributed by atoms with Gasteiger partial charge >= 0.3 is 0 Å². The second-order valence-electron chi connectivity index (χ2n) is 7.53. The van der Waals surface area contributed by atoms with Crippen molar-refractivity contribution in [3.05, 3.63) is 58.2 Å². The summed E-state index contributed by atoms with van der Waals surface area (Å²) in [5.41, 5.74) is 7.43. The largest absolute Gasteiger partial charge is 0.299 e. The van der Waals surface area contributed by atoms with Crippen molar-refractivity contribution in [2.24, 2.45) is 5.41 Å². The highest BCUT2D eigenvalue weighted by atomic mass is 16.1. The van der Waals surface area contributed by atoms with Crippen LogP contribution >= 0.6 is 0 Å². The molecule has 0 aliphatic heterocycles. The molecular formula is C22H30O. The summed E-state index contributed by atoms with van der Waals surface area (Å²) >= 11 is 0. The number of carbonyl (C=O) groups is 1. The van der Waals surface area contributed by atoms with Gasteiger partial charge < -0.3 is 0 Å². The van der Waals surface area contributed by atoms with Gasteiger partial charge in [0.1, 0.15) is 6.29 Å². The van der Waals surface area contributed by atoms with Crippen LogP contribution in [0, 0.1) is 5.41 Å². The first-order valence-electron chi connectivity index (χ1n) is 8.84. The highest BCUT2D eigenvalue weighted by molar-refractivity contribution is 5.67. The van der Waals surface area contributed by atoms with Crippen molar-refractivity contribution in [3.63, 3.8) is 0 Å². The van der Waals surface area contributed by atoms with Crippen molar-refractivity contribution in [1.29, 1.82) is 0 Å². The summed E-state index contributed by atoms with van der Waals surface area (Å²) in [6, 6.07) is 0. The molecule has 0 N–H and O–H groups in total. The van der Waals surface area contributed by atoms with Crippen LogP contribution in [0.4, 0.5) is 0 Å². The molecule has 1 heteroatoms. The Hall–Kier alpha value is -1.63. The third kappa shape index (κ3) is 4.67. The maximum absolute atomic E-state index is 10.5. The van der Waals surface area contributed by atoms with Gasteiger partial charge in [0.2, 0.25) is 0 Å². The van der Waals surface area contributed by atoms with Crippen molar-refractivity contribution < 1.29 is 4.79 Å². The molecule has 0 aromatic heterocycles. The van der Waals surface area contributed by atoms with E-state index in [1.54, 1.807) is 17.2 Å². The molecule has 0 saturated carbocycles. The van der Waals surface area contributed by atoms with E-state index in [4.69, 9.17) is 0 Å². The molecule has 2 aliphatic rings. The zero-order valence-electron chi connectivity index (χ0n) is 15.1. The molecule has 0 atom stereocenters. The number of hydrogen-bond donors (Lipinski definition) is 0. The molecule has 2 rings (SSSR count). The average Bonchev–Trinajstić information content (AvgIpc) is 2.70. The molecule has 0 fully saturated rings. The van der Waals surface area contributed by atoms with E-state index in [9.17, 15) is 4.79 Å². The van der Waals surface area contributed by atoms with Crippen molar-refractivity contribution in [1.82, 2.24) is 0 Å². The van der Waals surface area contributed by atoms with Gasteiger partial charge in [-0.25, -0.2) is 0 Å². The molecule has 0 amide bonds. The zero-order chi connectivity index (χ0) is 16.9. The van der Waals surface area contributed by atoms with Crippen LogP contribution in [0.2, 0.25) is 0 Å². The molecule has 0 spiro atoms. The Balaban J connectivity index is 2.25. The summed E-state index contributed by atoms with van der Waals surface area (Å²) in [7, 11) is 0. The normalized spacial score (nSPS) is 22.7. The second kappa shape index (κ2) is 7.77. The monoisotopic (exact) mass is 310 g/mol. The van der Waals surface area contributed by atoms with Crippen LogP contribution in [0.15, 0.2) is 58.2 Å². The highest BCUT2D eigenvalue weighted by Gasteiger charge is 2.29. The molecule has 0 heterocycles. The Morgan fingerprint density at radius 2 is 1.83 bits per heavy atom. The Labute approximate surface area is 141 Å². The average molecular weight is 310 g/mol. The van der Waals surface area contributed by atoms with E-state index in [0.29, 0.717) is 5.41 Å². The lowest BCUT2D eigenvalue weighted by Crippen LogP contribution is -2.19. The van der Waals surface area contributed by atoms with E-state index >= 15 is 0 Å². The first-order chi connectivity index (χ1) is 10.9. The maximum atomic E-state index is 10.5. The van der Waals surface area contributed by atoms with Crippen molar-refractivity contribution in [3.8, 4) is 0 Å². The number of allylic oxidation sites excluding steroid dienone is 10. The molecule has 124 valence electrons. The lowest BCUT2D eigenvalue weighted by molar-refractivity contribution is -0.104. The number of carbonyl (C=O) groups excluding carboxylic acids is 1. The molecule has 0 radical (unpaired) electrons. The van der Waals surface area contributed by atoms with Crippen LogP contribution in [-0.4, -0.2) is 6.29 Å². The number of aldehydes is 1. The van der Waals surface area contributed by atoms with E-state index in [2.05, 4.69) is 39.0 Å². The molecule has 23 heavy (non-hydrogen) atoms. The van der Waals surface area contributed by atoms with Crippen molar-refractivity contribution in [2.45, 2.75) is 66.2 Å². The van der Waals surface area contributed by atoms with E-state index < -0.39 is 0 Å². The SMILES string of the molecule is CC(/C=C\C=C(/C)C1=CC2=C(CCC1)CCCC2(C)C)=C\C=O. The molecule has 1 nitrogen and oxygen atoms in total. The van der Waals surface area contributed by atoms with Gasteiger partial charge in [-0.2, -0.15) is 0 Å². The predicted molar refractivity (Wildman–Crippen MR) is 99.3 cm³/mol. The Bertz CT molecular complexity index is 606. The third-order valence-corrected chi connectivity index (χ3v) is 5.18. The van der Waals surface area contributed by atoms with Gasteiger partial charge in [0.05, 0.1) is 0 Å². The molecule has 2 aliphatic carbocycles. The van der Waals surface area contributed by atoms with E-state index in [-0.39, 0.29) is 0 Å². The second-order valence-corrected chi connectivity index (χ2v) is 7.53. The fourth-order valence-electron chi connectivity index (χ4n) is 3.71. The van der Waals surface area contributed by atoms with Crippen molar-refractivity contribution >= 4 is 6.29 Å². The molecule has 0 aromatic rings. The van der Waals surface area contributed by atoms with Gasteiger partial charge in [-0.15, -0.1) is 0 Å². The molecule has 0 bridgehead atoms. The minimum absolute atomic E-state index is 0.322. The number of hydrogen-bond acceptors (Lipinski definition) is 1. The van der Waals surface area contributed by atoms with Gasteiger partial charge in [0.15, 0.2) is 0 Å². The van der Waals surface area contributed by atoms with Crippen LogP contribution in [0.3, 0.4) is 0 Å². The van der Waals surface area contributed by atoms with Crippen LogP contribution in [0.5, 0.6) is 0 Å². The van der Waals surface area contributed by atoms with Gasteiger partial charge in [-0.3, -0.25) is 4.79 Å². The van der Waals surface area contributed by atoms with E-state index in [1.807, 2.05) is 13.0 Å². The van der Waals surface area contributed by atoms with E-state index in [1.165, 1.54) is 49.7 Å². The highest BCUT2D eigenvalue weighted by Crippen LogP contribution is 2.45. The van der Waals surface area contributed by atoms with Gasteiger partial charge in [0.25, 0.3) is 0 Å². The smallest absolute Gasteiger partial charge is 0.143 e. The quantitative estimate of drug-likeness (QED) is 0.341. The van der Waals surface area contributed by atoms with E-state index in [0.717, 1.165) is 11.9 Å². The fourth-order valence-corrected chi connectivity index (χ4v) is 3.71. The molecule has 0 saturated heterocycles. The summed E-state index contributed by atoms with van der Waals surface area (Å²) in [6.45, 7) is 8.94. The number of rotatable bonds is 4. The first-order valence-corrected chi connectivity index (χ1v) is 8.84. The maximum Gasteiger partial charge on any atom is 0.143 e. The summed E-state index contributed by atoms with van der Waals surface area (Å²) in [5, 5.41) is 0. The lowest BCUT2D eigenvalue weighted by Gasteiger charge is -2.33. The van der Waals surface area contributed by atoms with Crippen LogP contribution in [-0.2, 0) is 4.79 Å². The first kappa shape index (κ1) is 17.7. The lowest BCUT2D eigenvalue weighted by atomic mass is 9.71. The Morgan fingerprint density at radius 1 is 1.09 bits per heavy atom. The van der Waals surface area contributed by atoms with Gasteiger partial charge in [-0.1, -0.05) is 43.7 Å². The fraction of sp³-hybridized carbons (Fsp3) is 0.500. The summed E-state index contributed by atoms with van der Waals surface area (Å²) in [6.07, 6.45) is 18.8. The summed E-state index contributed by atoms with van der Waals surface area (Å²) < 4.78 is 0. The summed E-state index contributed by atoms with van der Waals surface area (Å²) in [5.74, 6) is 0.